The van der Waals surface area contributed by atoms with Crippen molar-refractivity contribution >= 4 is 17.5 Å². The van der Waals surface area contributed by atoms with Gasteiger partial charge in [-0.2, -0.15) is 0 Å². The third-order valence-corrected chi connectivity index (χ3v) is 6.95. The van der Waals surface area contributed by atoms with E-state index in [1.54, 1.807) is 4.90 Å². The molecule has 3 aliphatic rings. The van der Waals surface area contributed by atoms with E-state index in [2.05, 4.69) is 0 Å². The second kappa shape index (κ2) is 18.1. The second-order valence-corrected chi connectivity index (χ2v) is 9.94. The molecule has 0 radical (unpaired) electrons. The Bertz CT molecular complexity index is 812. The number of rotatable bonds is 2. The minimum Gasteiger partial charge on any atom is -0.494 e. The van der Waals surface area contributed by atoms with Crippen LogP contribution in [0.15, 0.2) is 29.0 Å². The van der Waals surface area contributed by atoms with Crippen LogP contribution in [0.3, 0.4) is 0 Å². The maximum atomic E-state index is 13.4. The maximum Gasteiger partial charge on any atom is 0.224 e. The molecule has 3 aliphatic heterocycles. The van der Waals surface area contributed by atoms with Crippen LogP contribution in [-0.2, 0) is 28.5 Å². The fraction of sp³-hybridized carbons (Fsp3) is 0.759. The molecule has 3 heterocycles. The number of aliphatic imine (C=N–C) groups is 1. The highest BCUT2D eigenvalue weighted by Crippen LogP contribution is 2.18. The summed E-state index contributed by atoms with van der Waals surface area (Å²) in [5.74, 6) is 0.856. The molecule has 1 atom stereocenters. The van der Waals surface area contributed by atoms with Crippen LogP contribution in [0.25, 0.3) is 0 Å². The molecule has 4 bridgehead atoms. The topological polar surface area (TPSA) is 89.9 Å². The zero-order chi connectivity index (χ0) is 26.8. The van der Waals surface area contributed by atoms with E-state index in [1.807, 2.05) is 30.1 Å². The van der Waals surface area contributed by atoms with Crippen molar-refractivity contribution < 1.29 is 28.5 Å². The second-order valence-electron chi connectivity index (χ2n) is 9.94. The number of fused-ring (bicyclic) bond motifs is 1. The summed E-state index contributed by atoms with van der Waals surface area (Å²) >= 11 is 0. The van der Waals surface area contributed by atoms with Gasteiger partial charge in [0.15, 0.2) is 0 Å². The third-order valence-electron chi connectivity index (χ3n) is 6.95. The quantitative estimate of drug-likeness (QED) is 0.535. The summed E-state index contributed by atoms with van der Waals surface area (Å²) in [5.41, 5.74) is 0.712. The molecule has 0 spiro atoms. The Morgan fingerprint density at radius 2 is 1.39 bits per heavy atom. The van der Waals surface area contributed by atoms with Crippen molar-refractivity contribution in [2.24, 2.45) is 4.99 Å². The molecule has 38 heavy (non-hydrogen) atoms. The first-order chi connectivity index (χ1) is 18.7. The lowest BCUT2D eigenvalue weighted by Gasteiger charge is -2.28. The molecular weight excluding hydrogens is 486 g/mol. The molecule has 2 amide bonds. The van der Waals surface area contributed by atoms with Gasteiger partial charge in [-0.15, -0.1) is 0 Å². The van der Waals surface area contributed by atoms with Crippen LogP contribution in [-0.4, -0.2) is 99.4 Å². The number of amides is 2. The van der Waals surface area contributed by atoms with Gasteiger partial charge in [0.2, 0.25) is 11.8 Å². The van der Waals surface area contributed by atoms with E-state index in [-0.39, 0.29) is 11.8 Å². The van der Waals surface area contributed by atoms with Crippen molar-refractivity contribution in [2.75, 3.05) is 65.9 Å². The van der Waals surface area contributed by atoms with Crippen LogP contribution in [0.4, 0.5) is 0 Å². The standard InChI is InChI=1S/C29H47N3O6/c1-2-38-26-13-14-27-30-25(23-26)24-31-15-17-35-19-21-37-22-20-36-18-16-32(27)29(34)12-10-8-6-4-3-5-7-9-11-28(31)33/h13-14,23,27H,2-12,15-22,24H2,1H3. The Labute approximate surface area is 228 Å². The third kappa shape index (κ3) is 11.3. The van der Waals surface area contributed by atoms with Crippen LogP contribution < -0.4 is 0 Å². The zero-order valence-electron chi connectivity index (χ0n) is 23.2. The van der Waals surface area contributed by atoms with Crippen LogP contribution in [0.1, 0.15) is 71.1 Å². The predicted octanol–water partition coefficient (Wildman–Crippen LogP) is 3.88. The van der Waals surface area contributed by atoms with Crippen molar-refractivity contribution in [2.45, 2.75) is 77.3 Å². The fourth-order valence-electron chi connectivity index (χ4n) is 4.85. The molecular formula is C29H47N3O6. The smallest absolute Gasteiger partial charge is 0.224 e. The number of nitrogens with zero attached hydrogens (tertiary/aromatic N) is 3. The largest absolute Gasteiger partial charge is 0.494 e. The molecule has 9 heteroatoms. The Kier molecular flexibility index (Phi) is 14.5. The van der Waals surface area contributed by atoms with Gasteiger partial charge in [0.05, 0.1) is 58.5 Å². The number of ether oxygens (including phenoxy) is 4. The number of carbonyl (C=O) groups excluding carboxylic acids is 2. The molecule has 9 nitrogen and oxygen atoms in total. The van der Waals surface area contributed by atoms with Crippen molar-refractivity contribution in [1.29, 1.82) is 0 Å². The lowest BCUT2D eigenvalue weighted by atomic mass is 10.1. The van der Waals surface area contributed by atoms with Crippen LogP contribution in [0.5, 0.6) is 0 Å². The summed E-state index contributed by atoms with van der Waals surface area (Å²) < 4.78 is 23.0. The molecule has 0 fully saturated rings. The molecule has 0 aromatic rings. The van der Waals surface area contributed by atoms with E-state index in [9.17, 15) is 9.59 Å². The number of hydrogen-bond donors (Lipinski definition) is 0. The van der Waals surface area contributed by atoms with E-state index in [1.165, 1.54) is 12.8 Å². The normalized spacial score (nSPS) is 24.8. The van der Waals surface area contributed by atoms with Crippen molar-refractivity contribution in [1.82, 2.24) is 9.80 Å². The first kappa shape index (κ1) is 30.3. The lowest BCUT2D eigenvalue weighted by Crippen LogP contribution is -2.42. The Morgan fingerprint density at radius 3 is 2.05 bits per heavy atom. The molecule has 0 saturated heterocycles. The van der Waals surface area contributed by atoms with E-state index in [0.717, 1.165) is 38.5 Å². The molecule has 1 unspecified atom stereocenters. The molecule has 0 N–H and O–H groups in total. The minimum atomic E-state index is -0.491. The van der Waals surface area contributed by atoms with Crippen LogP contribution in [0.2, 0.25) is 0 Å². The van der Waals surface area contributed by atoms with Crippen molar-refractivity contribution in [3.8, 4) is 0 Å². The molecule has 3 rings (SSSR count). The number of hydrogen-bond acceptors (Lipinski definition) is 7. The van der Waals surface area contributed by atoms with Crippen molar-refractivity contribution in [3.05, 3.63) is 24.0 Å². The highest BCUT2D eigenvalue weighted by atomic mass is 16.5. The van der Waals surface area contributed by atoms with Crippen LogP contribution >= 0.6 is 0 Å². The number of allylic oxidation sites excluding steroid dienone is 1. The van der Waals surface area contributed by atoms with Gasteiger partial charge in [0.1, 0.15) is 11.9 Å². The van der Waals surface area contributed by atoms with Gasteiger partial charge >= 0.3 is 0 Å². The first-order valence-electron chi connectivity index (χ1n) is 14.6. The van der Waals surface area contributed by atoms with Crippen molar-refractivity contribution in [3.63, 3.8) is 0 Å². The molecule has 0 aromatic heterocycles. The number of carbonyl (C=O) groups is 2. The predicted molar refractivity (Wildman–Crippen MR) is 147 cm³/mol. The van der Waals surface area contributed by atoms with E-state index < -0.39 is 6.17 Å². The van der Waals surface area contributed by atoms with Gasteiger partial charge in [0, 0.05) is 32.0 Å². The van der Waals surface area contributed by atoms with E-state index in [4.69, 9.17) is 23.9 Å². The monoisotopic (exact) mass is 533 g/mol. The highest BCUT2D eigenvalue weighted by molar-refractivity contribution is 5.99. The molecule has 0 aliphatic carbocycles. The van der Waals surface area contributed by atoms with Gasteiger partial charge in [-0.25, -0.2) is 0 Å². The lowest BCUT2D eigenvalue weighted by molar-refractivity contribution is -0.133. The molecule has 214 valence electrons. The summed E-state index contributed by atoms with van der Waals surface area (Å²) in [7, 11) is 0. The van der Waals surface area contributed by atoms with Gasteiger partial charge < -0.3 is 28.7 Å². The fourth-order valence-corrected chi connectivity index (χ4v) is 4.85. The van der Waals surface area contributed by atoms with Gasteiger partial charge in [-0.3, -0.25) is 14.6 Å². The Morgan fingerprint density at radius 1 is 0.816 bits per heavy atom. The minimum absolute atomic E-state index is 0.0721. The summed E-state index contributed by atoms with van der Waals surface area (Å²) in [4.78, 5) is 35.4. The SMILES string of the molecule is CCOC1=CC2=NC(C=C1)N1CCOCCOCCOCCN(C2)C(=O)CCCCCCCCCCC1=O. The maximum absolute atomic E-state index is 13.4. The molecule has 0 saturated carbocycles. The summed E-state index contributed by atoms with van der Waals surface area (Å²) in [6, 6.07) is 0. The highest BCUT2D eigenvalue weighted by Gasteiger charge is 2.24. The Hall–Kier alpha value is -2.23. The van der Waals surface area contributed by atoms with Gasteiger partial charge in [-0.1, -0.05) is 38.5 Å². The van der Waals surface area contributed by atoms with E-state index in [0.29, 0.717) is 90.2 Å². The average Bonchev–Trinajstić information content (AvgIpc) is 3.10. The first-order valence-corrected chi connectivity index (χ1v) is 14.6. The van der Waals surface area contributed by atoms with Crippen LogP contribution in [0, 0.1) is 0 Å². The average molecular weight is 534 g/mol. The summed E-state index contributed by atoms with van der Waals surface area (Å²) in [5, 5.41) is 0. The summed E-state index contributed by atoms with van der Waals surface area (Å²) in [6.45, 7) is 6.38. The Balaban J connectivity index is 1.91. The van der Waals surface area contributed by atoms with Gasteiger partial charge in [0.25, 0.3) is 0 Å². The van der Waals surface area contributed by atoms with Gasteiger partial charge in [-0.05, 0) is 31.9 Å². The molecule has 0 aromatic carbocycles. The summed E-state index contributed by atoms with van der Waals surface area (Å²) in [6.07, 6.45) is 14.7. The van der Waals surface area contributed by atoms with E-state index >= 15 is 0 Å². The zero-order valence-corrected chi connectivity index (χ0v) is 23.2.